The van der Waals surface area contributed by atoms with Crippen molar-refractivity contribution in [3.05, 3.63) is 70.7 Å². The lowest BCUT2D eigenvalue weighted by atomic mass is 9.93. The molecule has 34 heavy (non-hydrogen) atoms. The molecule has 0 radical (unpaired) electrons. The molecule has 1 aliphatic heterocycles. The molecule has 1 saturated heterocycles. The van der Waals surface area contributed by atoms with Crippen LogP contribution in [0, 0.1) is 0 Å². The minimum absolute atomic E-state index is 0.0871. The highest BCUT2D eigenvalue weighted by atomic mass is 32.2. The van der Waals surface area contributed by atoms with Gasteiger partial charge in [-0.25, -0.2) is 13.2 Å². The second-order valence-corrected chi connectivity index (χ2v) is 12.0. The predicted octanol–water partition coefficient (Wildman–Crippen LogP) is 2.86. The van der Waals surface area contributed by atoms with Crippen molar-refractivity contribution in [3.63, 3.8) is 0 Å². The largest absolute Gasteiger partial charge is 0.390 e. The summed E-state index contributed by atoms with van der Waals surface area (Å²) in [5, 5.41) is 12.6. The number of imidazole rings is 1. The number of benzene rings is 1. The molecule has 4 heterocycles. The van der Waals surface area contributed by atoms with Gasteiger partial charge in [0.15, 0.2) is 0 Å². The van der Waals surface area contributed by atoms with E-state index in [-0.39, 0.29) is 29.8 Å². The molecule has 0 bridgehead atoms. The van der Waals surface area contributed by atoms with E-state index in [2.05, 4.69) is 4.98 Å². The first-order valence-electron chi connectivity index (χ1n) is 11.5. The van der Waals surface area contributed by atoms with Gasteiger partial charge >= 0.3 is 5.69 Å². The molecule has 178 valence electrons. The lowest BCUT2D eigenvalue weighted by Crippen LogP contribution is -2.33. The molecule has 1 N–H and O–H groups in total. The molecular formula is C25H28N4O4S. The number of hydrogen-bond acceptors (Lipinski definition) is 6. The Bertz CT molecular complexity index is 1530. The number of fused-ring (bicyclic) bond motifs is 2. The molecular weight excluding hydrogens is 452 g/mol. The van der Waals surface area contributed by atoms with Crippen LogP contribution in [-0.4, -0.2) is 49.7 Å². The highest BCUT2D eigenvalue weighted by molar-refractivity contribution is 7.91. The molecule has 0 amide bonds. The van der Waals surface area contributed by atoms with Crippen LogP contribution >= 0.6 is 0 Å². The minimum atomic E-state index is -3.04. The Hall–Kier alpha value is -3.04. The Morgan fingerprint density at radius 2 is 1.82 bits per heavy atom. The van der Waals surface area contributed by atoms with E-state index >= 15 is 0 Å². The van der Waals surface area contributed by atoms with E-state index in [1.807, 2.05) is 30.3 Å². The van der Waals surface area contributed by atoms with Gasteiger partial charge in [-0.3, -0.25) is 19.1 Å². The van der Waals surface area contributed by atoms with Crippen LogP contribution < -0.4 is 5.69 Å². The van der Waals surface area contributed by atoms with Crippen molar-refractivity contribution in [1.82, 2.24) is 19.1 Å². The summed E-state index contributed by atoms with van der Waals surface area (Å²) < 4.78 is 27.3. The number of aliphatic hydroxyl groups is 1. The smallest absolute Gasteiger partial charge is 0.329 e. The topological polar surface area (TPSA) is 107 Å². The molecule has 4 aromatic rings. The summed E-state index contributed by atoms with van der Waals surface area (Å²) in [6, 6.07) is 9.53. The van der Waals surface area contributed by atoms with Gasteiger partial charge in [0.25, 0.3) is 0 Å². The number of pyridine rings is 2. The maximum Gasteiger partial charge on any atom is 0.329 e. The van der Waals surface area contributed by atoms with E-state index in [0.717, 1.165) is 27.5 Å². The van der Waals surface area contributed by atoms with Gasteiger partial charge in [-0.2, -0.15) is 0 Å². The molecule has 1 aliphatic rings. The fourth-order valence-electron chi connectivity index (χ4n) is 4.95. The zero-order chi connectivity index (χ0) is 24.1. The number of sulfone groups is 1. The molecule has 0 aliphatic carbocycles. The van der Waals surface area contributed by atoms with Crippen LogP contribution in [0.2, 0.25) is 0 Å². The summed E-state index contributed by atoms with van der Waals surface area (Å²) in [4.78, 5) is 22.6. The first kappa shape index (κ1) is 22.7. The number of aromatic nitrogens is 4. The Kier molecular flexibility index (Phi) is 5.56. The minimum Gasteiger partial charge on any atom is -0.390 e. The van der Waals surface area contributed by atoms with Crippen molar-refractivity contribution in [3.8, 4) is 0 Å². The van der Waals surface area contributed by atoms with Crippen LogP contribution in [0.15, 0.2) is 53.7 Å². The van der Waals surface area contributed by atoms with Crippen molar-refractivity contribution < 1.29 is 13.5 Å². The number of rotatable bonds is 5. The summed E-state index contributed by atoms with van der Waals surface area (Å²) in [6.45, 7) is 3.75. The average Bonchev–Trinajstić information content (AvgIpc) is 3.06. The first-order chi connectivity index (χ1) is 16.1. The molecule has 1 aromatic carbocycles. The summed E-state index contributed by atoms with van der Waals surface area (Å²) in [5.74, 6) is 0.174. The Morgan fingerprint density at radius 1 is 1.09 bits per heavy atom. The van der Waals surface area contributed by atoms with Crippen LogP contribution in [0.1, 0.15) is 44.0 Å². The first-order valence-corrected chi connectivity index (χ1v) is 13.3. The second-order valence-electron chi connectivity index (χ2n) is 9.75. The molecule has 5 rings (SSSR count). The number of hydrogen-bond donors (Lipinski definition) is 1. The second kappa shape index (κ2) is 8.32. The van der Waals surface area contributed by atoms with E-state index in [1.54, 1.807) is 41.6 Å². The Labute approximate surface area is 197 Å². The lowest BCUT2D eigenvalue weighted by Gasteiger charge is -2.23. The molecule has 0 atom stereocenters. The molecule has 0 spiro atoms. The van der Waals surface area contributed by atoms with Crippen molar-refractivity contribution >= 4 is 31.6 Å². The van der Waals surface area contributed by atoms with Gasteiger partial charge in [-0.1, -0.05) is 24.3 Å². The highest BCUT2D eigenvalue weighted by Gasteiger charge is 2.29. The lowest BCUT2D eigenvalue weighted by molar-refractivity contribution is 0.0810. The molecule has 1 fully saturated rings. The molecule has 9 heteroatoms. The Morgan fingerprint density at radius 3 is 2.56 bits per heavy atom. The summed E-state index contributed by atoms with van der Waals surface area (Å²) in [6.07, 6.45) is 6.35. The standard InChI is InChI=1S/C25H28N4O4S/c1-25(2,31)13-20-19-6-4-3-5-17(19)14-27-21(20)16-28-23-15-26-10-7-22(23)29(24(28)30)18-8-11-34(32,33)12-9-18/h3-7,10,14-15,18,31H,8-9,11-13,16H2,1-2H3. The maximum absolute atomic E-state index is 13.7. The van der Waals surface area contributed by atoms with E-state index in [4.69, 9.17) is 4.98 Å². The van der Waals surface area contributed by atoms with Gasteiger partial charge in [0.2, 0.25) is 0 Å². The number of nitrogens with zero attached hydrogens (tertiary/aromatic N) is 4. The van der Waals surface area contributed by atoms with Crippen molar-refractivity contribution in [1.29, 1.82) is 0 Å². The van der Waals surface area contributed by atoms with Crippen LogP contribution in [0.3, 0.4) is 0 Å². The van der Waals surface area contributed by atoms with E-state index < -0.39 is 15.4 Å². The SMILES string of the molecule is CC(C)(O)Cc1c(Cn2c(=O)n(C3CCS(=O)(=O)CC3)c3ccncc32)ncc2ccccc12. The van der Waals surface area contributed by atoms with Crippen LogP contribution in [-0.2, 0) is 22.8 Å². The third-order valence-electron chi connectivity index (χ3n) is 6.57. The van der Waals surface area contributed by atoms with Crippen LogP contribution in [0.25, 0.3) is 21.8 Å². The van der Waals surface area contributed by atoms with Gasteiger partial charge in [0.05, 0.1) is 46.6 Å². The van der Waals surface area contributed by atoms with Gasteiger partial charge in [-0.05, 0) is 43.7 Å². The maximum atomic E-state index is 13.7. The monoisotopic (exact) mass is 480 g/mol. The quantitative estimate of drug-likeness (QED) is 0.471. The third-order valence-corrected chi connectivity index (χ3v) is 8.28. The molecule has 0 saturated carbocycles. The van der Waals surface area contributed by atoms with E-state index in [1.165, 1.54) is 0 Å². The van der Waals surface area contributed by atoms with Crippen LogP contribution in [0.4, 0.5) is 0 Å². The van der Waals surface area contributed by atoms with Crippen LogP contribution in [0.5, 0.6) is 0 Å². The zero-order valence-electron chi connectivity index (χ0n) is 19.3. The fraction of sp³-hybridized carbons (Fsp3) is 0.400. The fourth-order valence-corrected chi connectivity index (χ4v) is 6.42. The van der Waals surface area contributed by atoms with Gasteiger partial charge in [-0.15, -0.1) is 0 Å². The third kappa shape index (κ3) is 4.25. The predicted molar refractivity (Wildman–Crippen MR) is 132 cm³/mol. The van der Waals surface area contributed by atoms with Crippen molar-refractivity contribution in [2.75, 3.05) is 11.5 Å². The van der Waals surface area contributed by atoms with E-state index in [9.17, 15) is 18.3 Å². The van der Waals surface area contributed by atoms with Crippen molar-refractivity contribution in [2.24, 2.45) is 0 Å². The zero-order valence-corrected chi connectivity index (χ0v) is 20.1. The molecule has 3 aromatic heterocycles. The molecule has 0 unspecified atom stereocenters. The van der Waals surface area contributed by atoms with Crippen molar-refractivity contribution in [2.45, 2.75) is 51.3 Å². The van der Waals surface area contributed by atoms with Gasteiger partial charge in [0, 0.05) is 30.2 Å². The molecule has 8 nitrogen and oxygen atoms in total. The summed E-state index contributed by atoms with van der Waals surface area (Å²) in [7, 11) is -3.04. The Balaban J connectivity index is 1.64. The summed E-state index contributed by atoms with van der Waals surface area (Å²) >= 11 is 0. The summed E-state index contributed by atoms with van der Waals surface area (Å²) in [5.41, 5.74) is 1.91. The van der Waals surface area contributed by atoms with Gasteiger partial charge < -0.3 is 5.11 Å². The normalized spacial score (nSPS) is 16.9. The van der Waals surface area contributed by atoms with Gasteiger partial charge in [0.1, 0.15) is 9.84 Å². The highest BCUT2D eigenvalue weighted by Crippen LogP contribution is 2.29. The van der Waals surface area contributed by atoms with E-state index in [0.29, 0.717) is 24.8 Å². The average molecular weight is 481 g/mol.